The number of carbonyl (C=O) groups is 1. The van der Waals surface area contributed by atoms with Crippen LogP contribution in [0, 0.1) is 0 Å². The first-order valence-electron chi connectivity index (χ1n) is 11.4. The summed E-state index contributed by atoms with van der Waals surface area (Å²) in [6.45, 7) is 0.780. The molecule has 194 valence electrons. The average molecular weight is 577 g/mol. The number of primary sulfonamides is 1. The predicted octanol–water partition coefficient (Wildman–Crippen LogP) is 4.19. The SMILES string of the molecule is NS(=O)(=O)c1ccc(CCNC(=O)CCCn2c(SCc3ccccc3Cl)nc3ccsc3c2=O)cc1. The van der Waals surface area contributed by atoms with E-state index in [1.54, 1.807) is 16.7 Å². The zero-order valence-corrected chi connectivity index (χ0v) is 22.9. The molecule has 0 aliphatic carbocycles. The van der Waals surface area contributed by atoms with E-state index in [0.717, 1.165) is 11.1 Å². The molecule has 0 saturated heterocycles. The van der Waals surface area contributed by atoms with Gasteiger partial charge in [0.1, 0.15) is 4.70 Å². The highest BCUT2D eigenvalue weighted by Crippen LogP contribution is 2.27. The first-order valence-corrected chi connectivity index (χ1v) is 15.2. The maximum atomic E-state index is 13.1. The molecule has 2 heterocycles. The molecule has 8 nitrogen and oxygen atoms in total. The number of fused-ring (bicyclic) bond motifs is 1. The highest BCUT2D eigenvalue weighted by Gasteiger charge is 2.14. The standard InChI is InChI=1S/C25H25ClN4O4S3/c26-20-5-2-1-4-18(20)16-36-25-29-21-12-15-35-23(21)24(32)30(25)14-3-6-22(31)28-13-11-17-7-9-19(10-8-17)37(27,33)34/h1-2,4-5,7-10,12,15H,3,6,11,13-14,16H2,(H,28,31)(H2,27,33,34). The lowest BCUT2D eigenvalue weighted by Crippen LogP contribution is -2.27. The Kier molecular flexibility index (Phi) is 9.04. The number of thiophene rings is 1. The number of rotatable bonds is 11. The molecule has 37 heavy (non-hydrogen) atoms. The molecule has 1 amide bonds. The lowest BCUT2D eigenvalue weighted by atomic mass is 10.1. The van der Waals surface area contributed by atoms with Gasteiger partial charge in [0.15, 0.2) is 5.16 Å². The number of thioether (sulfide) groups is 1. The van der Waals surface area contributed by atoms with Gasteiger partial charge in [-0.05, 0) is 53.6 Å². The molecule has 2 aromatic heterocycles. The van der Waals surface area contributed by atoms with Crippen molar-refractivity contribution >= 4 is 60.8 Å². The predicted molar refractivity (Wildman–Crippen MR) is 149 cm³/mol. The third-order valence-corrected chi connectivity index (χ3v) is 8.83. The molecule has 0 spiro atoms. The summed E-state index contributed by atoms with van der Waals surface area (Å²) in [6.07, 6.45) is 1.29. The molecule has 0 fully saturated rings. The number of halogens is 1. The van der Waals surface area contributed by atoms with E-state index in [9.17, 15) is 18.0 Å². The van der Waals surface area contributed by atoms with Gasteiger partial charge in [0, 0.05) is 30.3 Å². The van der Waals surface area contributed by atoms with Crippen LogP contribution in [0.5, 0.6) is 0 Å². The zero-order valence-electron chi connectivity index (χ0n) is 19.7. The van der Waals surface area contributed by atoms with Gasteiger partial charge in [0.25, 0.3) is 5.56 Å². The Balaban J connectivity index is 1.33. The molecule has 0 aliphatic heterocycles. The van der Waals surface area contributed by atoms with Gasteiger partial charge in [-0.1, -0.05) is 53.7 Å². The molecule has 0 unspecified atom stereocenters. The highest BCUT2D eigenvalue weighted by molar-refractivity contribution is 7.98. The van der Waals surface area contributed by atoms with Crippen molar-refractivity contribution in [1.82, 2.24) is 14.9 Å². The number of nitrogens with two attached hydrogens (primary N) is 1. The van der Waals surface area contributed by atoms with E-state index in [-0.39, 0.29) is 22.8 Å². The molecular formula is C25H25ClN4O4S3. The summed E-state index contributed by atoms with van der Waals surface area (Å²) in [5.74, 6) is 0.449. The molecule has 4 aromatic rings. The summed E-state index contributed by atoms with van der Waals surface area (Å²) in [5.41, 5.74) is 2.40. The van der Waals surface area contributed by atoms with Crippen LogP contribution in [0.4, 0.5) is 0 Å². The summed E-state index contributed by atoms with van der Waals surface area (Å²) in [7, 11) is -3.73. The van der Waals surface area contributed by atoms with E-state index < -0.39 is 10.0 Å². The van der Waals surface area contributed by atoms with Crippen LogP contribution in [0.25, 0.3) is 10.2 Å². The topological polar surface area (TPSA) is 124 Å². The normalized spacial score (nSPS) is 11.6. The monoisotopic (exact) mass is 576 g/mol. The summed E-state index contributed by atoms with van der Waals surface area (Å²) in [4.78, 5) is 30.2. The summed E-state index contributed by atoms with van der Waals surface area (Å²) >= 11 is 9.09. The second-order valence-corrected chi connectivity index (χ2v) is 12.1. The average Bonchev–Trinajstić information content (AvgIpc) is 3.34. The fourth-order valence-electron chi connectivity index (χ4n) is 3.67. The van der Waals surface area contributed by atoms with E-state index in [2.05, 4.69) is 5.32 Å². The van der Waals surface area contributed by atoms with Crippen LogP contribution in [0.2, 0.25) is 5.02 Å². The molecular weight excluding hydrogens is 552 g/mol. The van der Waals surface area contributed by atoms with E-state index >= 15 is 0 Å². The molecule has 0 aliphatic rings. The highest BCUT2D eigenvalue weighted by atomic mass is 35.5. The minimum atomic E-state index is -3.73. The first kappa shape index (κ1) is 27.3. The van der Waals surface area contributed by atoms with Gasteiger partial charge in [-0.15, -0.1) is 11.3 Å². The fourth-order valence-corrected chi connectivity index (χ4v) is 6.27. The third-order valence-electron chi connectivity index (χ3n) is 5.62. The number of aromatic nitrogens is 2. The molecule has 12 heteroatoms. The summed E-state index contributed by atoms with van der Waals surface area (Å²) < 4.78 is 24.9. The van der Waals surface area contributed by atoms with Crippen molar-refractivity contribution in [3.05, 3.63) is 86.5 Å². The Hall–Kier alpha value is -2.70. The van der Waals surface area contributed by atoms with E-state index in [0.29, 0.717) is 52.1 Å². The Morgan fingerprint density at radius 1 is 1.14 bits per heavy atom. The second kappa shape index (κ2) is 12.2. The minimum absolute atomic E-state index is 0.0511. The van der Waals surface area contributed by atoms with Gasteiger partial charge in [-0.3, -0.25) is 14.2 Å². The van der Waals surface area contributed by atoms with E-state index in [4.69, 9.17) is 21.7 Å². The van der Waals surface area contributed by atoms with Gasteiger partial charge >= 0.3 is 0 Å². The number of sulfonamides is 1. The van der Waals surface area contributed by atoms with Crippen LogP contribution in [0.15, 0.2) is 74.8 Å². The second-order valence-electron chi connectivity index (χ2n) is 8.26. The lowest BCUT2D eigenvalue weighted by Gasteiger charge is -2.12. The summed E-state index contributed by atoms with van der Waals surface area (Å²) in [6, 6.07) is 15.6. The quantitative estimate of drug-likeness (QED) is 0.204. The van der Waals surface area contributed by atoms with Crippen LogP contribution in [0.1, 0.15) is 24.0 Å². The van der Waals surface area contributed by atoms with Gasteiger partial charge < -0.3 is 5.32 Å². The van der Waals surface area contributed by atoms with Crippen molar-refractivity contribution in [2.75, 3.05) is 6.54 Å². The zero-order chi connectivity index (χ0) is 26.4. The number of hydrogen-bond donors (Lipinski definition) is 2. The molecule has 0 saturated carbocycles. The maximum Gasteiger partial charge on any atom is 0.272 e. The molecule has 2 aromatic carbocycles. The Labute approximate surface area is 227 Å². The molecule has 4 rings (SSSR count). The van der Waals surface area contributed by atoms with Crippen LogP contribution < -0.4 is 16.0 Å². The molecule has 0 atom stereocenters. The lowest BCUT2D eigenvalue weighted by molar-refractivity contribution is -0.121. The fraction of sp³-hybridized carbons (Fsp3) is 0.240. The molecule has 0 bridgehead atoms. The smallest absolute Gasteiger partial charge is 0.272 e. The van der Waals surface area contributed by atoms with Gasteiger partial charge in [0.05, 0.1) is 10.4 Å². The number of nitrogens with one attached hydrogen (secondary N) is 1. The third kappa shape index (κ3) is 7.20. The number of carbonyl (C=O) groups excluding carboxylic acids is 1. The van der Waals surface area contributed by atoms with Crippen molar-refractivity contribution < 1.29 is 13.2 Å². The number of nitrogens with zero attached hydrogens (tertiary/aromatic N) is 2. The van der Waals surface area contributed by atoms with Gasteiger partial charge in [0.2, 0.25) is 15.9 Å². The molecule has 3 N–H and O–H groups in total. The number of hydrogen-bond acceptors (Lipinski definition) is 7. The Morgan fingerprint density at radius 3 is 2.62 bits per heavy atom. The number of amides is 1. The van der Waals surface area contributed by atoms with Gasteiger partial charge in [-0.2, -0.15) is 0 Å². The summed E-state index contributed by atoms with van der Waals surface area (Å²) in [5, 5.41) is 11.1. The van der Waals surface area contributed by atoms with Crippen molar-refractivity contribution in [1.29, 1.82) is 0 Å². The van der Waals surface area contributed by atoms with Crippen molar-refractivity contribution in [3.8, 4) is 0 Å². The van der Waals surface area contributed by atoms with E-state index in [1.165, 1.54) is 35.2 Å². The maximum absolute atomic E-state index is 13.1. The molecule has 0 radical (unpaired) electrons. The van der Waals surface area contributed by atoms with Crippen molar-refractivity contribution in [2.24, 2.45) is 5.14 Å². The van der Waals surface area contributed by atoms with Crippen molar-refractivity contribution in [3.63, 3.8) is 0 Å². The Bertz CT molecular complexity index is 1570. The van der Waals surface area contributed by atoms with Crippen LogP contribution in [0.3, 0.4) is 0 Å². The van der Waals surface area contributed by atoms with Crippen LogP contribution >= 0.6 is 34.7 Å². The van der Waals surface area contributed by atoms with Crippen molar-refractivity contribution in [2.45, 2.75) is 41.6 Å². The van der Waals surface area contributed by atoms with E-state index in [1.807, 2.05) is 35.7 Å². The largest absolute Gasteiger partial charge is 0.356 e. The van der Waals surface area contributed by atoms with Crippen LogP contribution in [-0.2, 0) is 33.5 Å². The van der Waals surface area contributed by atoms with Gasteiger partial charge in [-0.25, -0.2) is 18.5 Å². The Morgan fingerprint density at radius 2 is 1.89 bits per heavy atom. The van der Waals surface area contributed by atoms with Crippen LogP contribution in [-0.4, -0.2) is 30.4 Å². The number of benzene rings is 2. The minimum Gasteiger partial charge on any atom is -0.356 e. The first-order chi connectivity index (χ1) is 17.7.